The molecule has 0 bridgehead atoms. The van der Waals surface area contributed by atoms with Crippen LogP contribution in [0.3, 0.4) is 0 Å². The molecule has 1 aliphatic heterocycles. The lowest BCUT2D eigenvalue weighted by molar-refractivity contribution is -0.128. The van der Waals surface area contributed by atoms with E-state index in [1.54, 1.807) is 11.3 Å². The maximum Gasteiger partial charge on any atom is 0.234 e. The maximum absolute atomic E-state index is 11.8. The summed E-state index contributed by atoms with van der Waals surface area (Å²) in [5.74, 6) is 0.174. The number of thiazole rings is 1. The molecule has 1 N–H and O–H groups in total. The zero-order valence-electron chi connectivity index (χ0n) is 11.6. The molecule has 1 saturated heterocycles. The molecular formula is C14H21N3OS. The lowest BCUT2D eigenvalue weighted by Crippen LogP contribution is -2.61. The van der Waals surface area contributed by atoms with Gasteiger partial charge in [-0.25, -0.2) is 4.98 Å². The van der Waals surface area contributed by atoms with Gasteiger partial charge in [-0.05, 0) is 26.7 Å². The normalized spacial score (nSPS) is 28.0. The first-order valence-corrected chi connectivity index (χ1v) is 7.91. The first-order chi connectivity index (χ1) is 9.13. The van der Waals surface area contributed by atoms with Gasteiger partial charge in [0.15, 0.2) is 0 Å². The van der Waals surface area contributed by atoms with E-state index >= 15 is 0 Å². The van der Waals surface area contributed by atoms with Crippen LogP contribution in [0.5, 0.6) is 0 Å². The second-order valence-corrected chi connectivity index (χ2v) is 6.97. The summed E-state index contributed by atoms with van der Waals surface area (Å²) in [7, 11) is 0. The number of hydrogen-bond donors (Lipinski definition) is 1. The highest BCUT2D eigenvalue weighted by molar-refractivity contribution is 7.11. The molecule has 0 spiro atoms. The number of piperazine rings is 1. The van der Waals surface area contributed by atoms with Crippen molar-refractivity contribution in [3.63, 3.8) is 0 Å². The SMILES string of the molecule is Cc1nc(CN2CC(=O)N[C@H]3CCCC[C@@H]32)sc1C. The van der Waals surface area contributed by atoms with Gasteiger partial charge in [-0.3, -0.25) is 9.69 Å². The van der Waals surface area contributed by atoms with E-state index in [1.165, 1.54) is 24.1 Å². The molecule has 2 heterocycles. The molecule has 1 saturated carbocycles. The zero-order chi connectivity index (χ0) is 13.4. The number of nitrogens with zero attached hydrogens (tertiary/aromatic N) is 2. The van der Waals surface area contributed by atoms with Crippen molar-refractivity contribution in [2.24, 2.45) is 0 Å². The van der Waals surface area contributed by atoms with E-state index < -0.39 is 0 Å². The van der Waals surface area contributed by atoms with Crippen LogP contribution in [0.4, 0.5) is 0 Å². The van der Waals surface area contributed by atoms with Crippen LogP contribution in [0.15, 0.2) is 0 Å². The maximum atomic E-state index is 11.8. The fraction of sp³-hybridized carbons (Fsp3) is 0.714. The Balaban J connectivity index is 1.75. The molecule has 0 aromatic carbocycles. The molecule has 5 heteroatoms. The van der Waals surface area contributed by atoms with Crippen molar-refractivity contribution in [3.05, 3.63) is 15.6 Å². The molecule has 2 fully saturated rings. The third-order valence-corrected chi connectivity index (χ3v) is 5.36. The Labute approximate surface area is 118 Å². The summed E-state index contributed by atoms with van der Waals surface area (Å²) in [6, 6.07) is 0.869. The molecule has 104 valence electrons. The monoisotopic (exact) mass is 279 g/mol. The van der Waals surface area contributed by atoms with Crippen LogP contribution < -0.4 is 5.32 Å². The highest BCUT2D eigenvalue weighted by Crippen LogP contribution is 2.28. The molecule has 1 aromatic rings. The Morgan fingerprint density at radius 1 is 1.37 bits per heavy atom. The molecule has 2 aliphatic rings. The van der Waals surface area contributed by atoms with Gasteiger partial charge in [0.05, 0.1) is 18.8 Å². The summed E-state index contributed by atoms with van der Waals surface area (Å²) >= 11 is 1.76. The molecule has 0 unspecified atom stereocenters. The lowest BCUT2D eigenvalue weighted by Gasteiger charge is -2.43. The second kappa shape index (κ2) is 5.21. The van der Waals surface area contributed by atoms with Crippen molar-refractivity contribution < 1.29 is 4.79 Å². The van der Waals surface area contributed by atoms with Gasteiger partial charge in [-0.1, -0.05) is 12.8 Å². The van der Waals surface area contributed by atoms with Crippen LogP contribution in [0.1, 0.15) is 41.3 Å². The van der Waals surface area contributed by atoms with Crippen molar-refractivity contribution in [1.82, 2.24) is 15.2 Å². The topological polar surface area (TPSA) is 45.2 Å². The zero-order valence-corrected chi connectivity index (χ0v) is 12.4. The van der Waals surface area contributed by atoms with Gasteiger partial charge in [0, 0.05) is 17.0 Å². The van der Waals surface area contributed by atoms with E-state index in [0.29, 0.717) is 18.6 Å². The third kappa shape index (κ3) is 2.67. The lowest BCUT2D eigenvalue weighted by atomic mass is 9.87. The number of fused-ring (bicyclic) bond motifs is 1. The van der Waals surface area contributed by atoms with Gasteiger partial charge < -0.3 is 5.32 Å². The van der Waals surface area contributed by atoms with Gasteiger partial charge in [0.25, 0.3) is 0 Å². The Morgan fingerprint density at radius 3 is 2.89 bits per heavy atom. The van der Waals surface area contributed by atoms with Crippen molar-refractivity contribution in [3.8, 4) is 0 Å². The summed E-state index contributed by atoms with van der Waals surface area (Å²) in [4.78, 5) is 20.1. The number of amides is 1. The minimum atomic E-state index is 0.174. The van der Waals surface area contributed by atoms with Crippen LogP contribution >= 0.6 is 11.3 Å². The number of rotatable bonds is 2. The number of nitrogens with one attached hydrogen (secondary N) is 1. The highest BCUT2D eigenvalue weighted by atomic mass is 32.1. The molecule has 4 nitrogen and oxygen atoms in total. The smallest absolute Gasteiger partial charge is 0.234 e. The van der Waals surface area contributed by atoms with Crippen LogP contribution in [0, 0.1) is 13.8 Å². The number of carbonyl (C=O) groups is 1. The Hall–Kier alpha value is -0.940. The van der Waals surface area contributed by atoms with Gasteiger partial charge in [-0.2, -0.15) is 0 Å². The number of aryl methyl sites for hydroxylation is 2. The van der Waals surface area contributed by atoms with E-state index in [9.17, 15) is 4.79 Å². The molecule has 0 radical (unpaired) electrons. The van der Waals surface area contributed by atoms with Crippen molar-refractivity contribution >= 4 is 17.2 Å². The van der Waals surface area contributed by atoms with E-state index in [1.807, 2.05) is 0 Å². The molecular weight excluding hydrogens is 258 g/mol. The average molecular weight is 279 g/mol. The minimum absolute atomic E-state index is 0.174. The summed E-state index contributed by atoms with van der Waals surface area (Å²) in [6.45, 7) is 5.53. The second-order valence-electron chi connectivity index (χ2n) is 5.68. The molecule has 1 aromatic heterocycles. The van der Waals surface area contributed by atoms with Crippen molar-refractivity contribution in [2.45, 2.75) is 58.2 Å². The van der Waals surface area contributed by atoms with Gasteiger partial charge in [0.2, 0.25) is 5.91 Å². The summed E-state index contributed by atoms with van der Waals surface area (Å²) in [6.07, 6.45) is 4.85. The minimum Gasteiger partial charge on any atom is -0.351 e. The van der Waals surface area contributed by atoms with Gasteiger partial charge in [-0.15, -0.1) is 11.3 Å². The third-order valence-electron chi connectivity index (χ3n) is 4.30. The van der Waals surface area contributed by atoms with Gasteiger partial charge in [0.1, 0.15) is 5.01 Å². The number of hydrogen-bond acceptors (Lipinski definition) is 4. The molecule has 19 heavy (non-hydrogen) atoms. The molecule has 3 rings (SSSR count). The average Bonchev–Trinajstić information content (AvgIpc) is 2.68. The number of aromatic nitrogens is 1. The fourth-order valence-electron chi connectivity index (χ4n) is 3.22. The Kier molecular flexibility index (Phi) is 3.58. The quantitative estimate of drug-likeness (QED) is 0.900. The predicted molar refractivity (Wildman–Crippen MR) is 76.2 cm³/mol. The Morgan fingerprint density at radius 2 is 2.16 bits per heavy atom. The predicted octanol–water partition coefficient (Wildman–Crippen LogP) is 2.00. The number of carbonyl (C=O) groups excluding carboxylic acids is 1. The first kappa shape index (κ1) is 13.1. The van der Waals surface area contributed by atoms with Crippen LogP contribution in [0.25, 0.3) is 0 Å². The Bertz CT molecular complexity index is 466. The molecule has 1 aliphatic carbocycles. The molecule has 2 atom stereocenters. The fourth-order valence-corrected chi connectivity index (χ4v) is 4.18. The van der Waals surface area contributed by atoms with Gasteiger partial charge >= 0.3 is 0 Å². The highest BCUT2D eigenvalue weighted by Gasteiger charge is 2.36. The summed E-state index contributed by atoms with van der Waals surface area (Å²) < 4.78 is 0. The van der Waals surface area contributed by atoms with Crippen LogP contribution in [0.2, 0.25) is 0 Å². The van der Waals surface area contributed by atoms with E-state index in [0.717, 1.165) is 23.7 Å². The standard InChI is InChI=1S/C14H21N3OS/c1-9-10(2)19-14(15-9)8-17-7-13(18)16-11-5-3-4-6-12(11)17/h11-12H,3-8H2,1-2H3,(H,16,18)/t11-,12-/m0/s1. The van der Waals surface area contributed by atoms with Crippen molar-refractivity contribution in [2.75, 3.05) is 6.54 Å². The van der Waals surface area contributed by atoms with Crippen LogP contribution in [-0.4, -0.2) is 34.4 Å². The van der Waals surface area contributed by atoms with E-state index in [2.05, 4.69) is 29.0 Å². The summed E-state index contributed by atoms with van der Waals surface area (Å²) in [5.41, 5.74) is 1.13. The summed E-state index contributed by atoms with van der Waals surface area (Å²) in [5, 5.41) is 4.30. The first-order valence-electron chi connectivity index (χ1n) is 7.10. The van der Waals surface area contributed by atoms with E-state index in [4.69, 9.17) is 0 Å². The largest absolute Gasteiger partial charge is 0.351 e. The van der Waals surface area contributed by atoms with Crippen molar-refractivity contribution in [1.29, 1.82) is 0 Å². The van der Waals surface area contributed by atoms with Crippen LogP contribution in [-0.2, 0) is 11.3 Å². The molecule has 1 amide bonds. The van der Waals surface area contributed by atoms with E-state index in [-0.39, 0.29) is 5.91 Å².